The quantitative estimate of drug-likeness (QED) is 0.249. The lowest BCUT2D eigenvalue weighted by atomic mass is 9.90. The lowest BCUT2D eigenvalue weighted by Gasteiger charge is -2.17. The molecule has 1 aromatic heterocycles. The van der Waals surface area contributed by atoms with Crippen molar-refractivity contribution < 1.29 is 22.8 Å². The van der Waals surface area contributed by atoms with Gasteiger partial charge in [0.15, 0.2) is 5.82 Å². The third kappa shape index (κ3) is 5.37. The van der Waals surface area contributed by atoms with Crippen LogP contribution in [0.15, 0.2) is 76.2 Å². The zero-order chi connectivity index (χ0) is 27.7. The first kappa shape index (κ1) is 26.4. The van der Waals surface area contributed by atoms with Gasteiger partial charge in [0.25, 0.3) is 5.89 Å². The van der Waals surface area contributed by atoms with Gasteiger partial charge in [0, 0.05) is 23.1 Å². The van der Waals surface area contributed by atoms with Crippen molar-refractivity contribution in [3.8, 4) is 22.6 Å². The molecule has 200 valence electrons. The van der Waals surface area contributed by atoms with E-state index in [4.69, 9.17) is 9.26 Å². The molecular weight excluding hydrogens is 500 g/mol. The number of ether oxygens (including phenoxy) is 1. The number of benzene rings is 3. The van der Waals surface area contributed by atoms with E-state index in [1.165, 1.54) is 18.2 Å². The first-order valence-electron chi connectivity index (χ1n) is 12.9. The number of aliphatic imine (C=N–C) groups is 1. The monoisotopic (exact) mass is 529 g/mol. The Morgan fingerprint density at radius 2 is 1.54 bits per heavy atom. The summed E-state index contributed by atoms with van der Waals surface area (Å²) < 4.78 is 39.7. The number of carbonyl (C=O) groups is 1. The molecule has 0 fully saturated rings. The number of aromatic nitrogens is 2. The molecule has 1 aliphatic rings. The summed E-state index contributed by atoms with van der Waals surface area (Å²) in [6.45, 7) is 8.02. The number of rotatable bonds is 6. The highest BCUT2D eigenvalue weighted by Gasteiger charge is 2.38. The third-order valence-corrected chi connectivity index (χ3v) is 6.74. The van der Waals surface area contributed by atoms with Crippen LogP contribution in [0.4, 0.5) is 8.78 Å². The second-order valence-corrected chi connectivity index (χ2v) is 10.6. The van der Waals surface area contributed by atoms with Crippen LogP contribution < -0.4 is 0 Å². The summed E-state index contributed by atoms with van der Waals surface area (Å²) in [6.07, 6.45) is 0.0944. The molecule has 0 N–H and O–H groups in total. The van der Waals surface area contributed by atoms with Crippen LogP contribution >= 0.6 is 0 Å². The van der Waals surface area contributed by atoms with Gasteiger partial charge in [-0.25, -0.2) is 8.78 Å². The van der Waals surface area contributed by atoms with Gasteiger partial charge in [-0.05, 0) is 47.9 Å². The van der Waals surface area contributed by atoms with E-state index in [-0.39, 0.29) is 29.7 Å². The fourth-order valence-corrected chi connectivity index (χ4v) is 4.66. The molecule has 6 nitrogen and oxygen atoms in total. The predicted molar refractivity (Wildman–Crippen MR) is 144 cm³/mol. The molecule has 0 amide bonds. The maximum atomic E-state index is 14.5. The van der Waals surface area contributed by atoms with Gasteiger partial charge in [-0.3, -0.25) is 9.79 Å². The van der Waals surface area contributed by atoms with E-state index in [0.717, 1.165) is 22.3 Å². The van der Waals surface area contributed by atoms with Gasteiger partial charge in [0.2, 0.25) is 0 Å². The predicted octanol–water partition coefficient (Wildman–Crippen LogP) is 7.09. The Morgan fingerprint density at radius 1 is 0.949 bits per heavy atom. The summed E-state index contributed by atoms with van der Waals surface area (Å²) in [5.41, 5.74) is 3.35. The molecule has 1 aliphatic heterocycles. The molecule has 0 saturated heterocycles. The van der Waals surface area contributed by atoms with Crippen molar-refractivity contribution in [2.24, 2.45) is 10.9 Å². The Bertz CT molecular complexity index is 1500. The average molecular weight is 530 g/mol. The van der Waals surface area contributed by atoms with Gasteiger partial charge < -0.3 is 9.26 Å². The summed E-state index contributed by atoms with van der Waals surface area (Å²) in [6, 6.07) is 18.5. The molecule has 2 atom stereocenters. The van der Waals surface area contributed by atoms with Crippen molar-refractivity contribution >= 4 is 11.7 Å². The van der Waals surface area contributed by atoms with Gasteiger partial charge in [0.05, 0.1) is 24.1 Å². The SMILES string of the molecule is CCOC(=O)[C@H]1CC(c2c(F)cccc2F)=N[C@H]1c1ccc(-c2ccc(-c3nc(C(C)(C)C)no3)cc2)cc1. The van der Waals surface area contributed by atoms with E-state index >= 15 is 0 Å². The number of halogens is 2. The molecule has 2 heterocycles. The van der Waals surface area contributed by atoms with Gasteiger partial charge in [-0.15, -0.1) is 0 Å². The number of nitrogens with zero attached hydrogens (tertiary/aromatic N) is 3. The largest absolute Gasteiger partial charge is 0.466 e. The Morgan fingerprint density at radius 3 is 2.10 bits per heavy atom. The van der Waals surface area contributed by atoms with E-state index in [9.17, 15) is 13.6 Å². The number of hydrogen-bond acceptors (Lipinski definition) is 6. The molecular formula is C31H29F2N3O3. The zero-order valence-corrected chi connectivity index (χ0v) is 22.2. The molecule has 5 rings (SSSR count). The lowest BCUT2D eigenvalue weighted by Crippen LogP contribution is -2.22. The van der Waals surface area contributed by atoms with Crippen LogP contribution in [-0.4, -0.2) is 28.4 Å². The topological polar surface area (TPSA) is 77.6 Å². The highest BCUT2D eigenvalue weighted by atomic mass is 19.1. The Balaban J connectivity index is 1.40. The summed E-state index contributed by atoms with van der Waals surface area (Å²) in [7, 11) is 0. The zero-order valence-electron chi connectivity index (χ0n) is 22.2. The van der Waals surface area contributed by atoms with Gasteiger partial charge in [0.1, 0.15) is 11.6 Å². The molecule has 0 spiro atoms. The van der Waals surface area contributed by atoms with E-state index < -0.39 is 29.6 Å². The van der Waals surface area contributed by atoms with Crippen LogP contribution in [0.3, 0.4) is 0 Å². The van der Waals surface area contributed by atoms with Crippen molar-refractivity contribution in [2.45, 2.75) is 45.6 Å². The third-order valence-electron chi connectivity index (χ3n) is 6.74. The van der Waals surface area contributed by atoms with E-state index in [1.54, 1.807) is 6.92 Å². The van der Waals surface area contributed by atoms with Crippen molar-refractivity contribution in [2.75, 3.05) is 6.61 Å². The van der Waals surface area contributed by atoms with Crippen molar-refractivity contribution in [1.29, 1.82) is 0 Å². The molecule has 0 saturated carbocycles. The van der Waals surface area contributed by atoms with E-state index in [1.807, 2.05) is 69.3 Å². The fraction of sp³-hybridized carbons (Fsp3) is 0.290. The first-order valence-corrected chi connectivity index (χ1v) is 12.9. The minimum absolute atomic E-state index is 0.0944. The highest BCUT2D eigenvalue weighted by Crippen LogP contribution is 2.39. The minimum Gasteiger partial charge on any atom is -0.466 e. The minimum atomic E-state index is -0.703. The average Bonchev–Trinajstić information content (AvgIpc) is 3.58. The maximum absolute atomic E-state index is 14.5. The lowest BCUT2D eigenvalue weighted by molar-refractivity contribution is -0.148. The standard InChI is InChI=1S/C31H29F2N3O3/c1-5-38-29(37)22-17-25(26-23(32)7-6-8-24(26)33)34-27(22)20-13-9-18(10-14-20)19-11-15-21(16-12-19)28-35-30(36-39-28)31(2,3)4/h6-16,22,27H,5,17H2,1-4H3/t22-,27-/m0/s1. The number of esters is 1. The Hall–Kier alpha value is -4.20. The maximum Gasteiger partial charge on any atom is 0.311 e. The van der Waals surface area contributed by atoms with Crippen molar-refractivity contribution in [3.05, 3.63) is 95.3 Å². The smallest absolute Gasteiger partial charge is 0.311 e. The number of hydrogen-bond donors (Lipinski definition) is 0. The second kappa shape index (κ2) is 10.5. The summed E-state index contributed by atoms with van der Waals surface area (Å²) >= 11 is 0. The van der Waals surface area contributed by atoms with Crippen molar-refractivity contribution in [3.63, 3.8) is 0 Å². The highest BCUT2D eigenvalue weighted by molar-refractivity contribution is 6.04. The molecule has 0 radical (unpaired) electrons. The molecule has 4 aromatic rings. The first-order chi connectivity index (χ1) is 18.7. The summed E-state index contributed by atoms with van der Waals surface area (Å²) in [5.74, 6) is -1.40. The van der Waals surface area contributed by atoms with Gasteiger partial charge in [-0.2, -0.15) is 4.98 Å². The molecule has 0 aliphatic carbocycles. The molecule has 0 bridgehead atoms. The van der Waals surface area contributed by atoms with Crippen LogP contribution in [0.25, 0.3) is 22.6 Å². The summed E-state index contributed by atoms with van der Waals surface area (Å²) in [4.78, 5) is 21.9. The summed E-state index contributed by atoms with van der Waals surface area (Å²) in [5, 5.41) is 4.08. The van der Waals surface area contributed by atoms with E-state index in [2.05, 4.69) is 15.1 Å². The molecule has 8 heteroatoms. The number of carbonyl (C=O) groups excluding carboxylic acids is 1. The molecule has 39 heavy (non-hydrogen) atoms. The van der Waals surface area contributed by atoms with Crippen LogP contribution in [0.2, 0.25) is 0 Å². The normalized spacial score (nSPS) is 17.2. The fourth-order valence-electron chi connectivity index (χ4n) is 4.66. The van der Waals surface area contributed by atoms with Crippen LogP contribution in [0.5, 0.6) is 0 Å². The van der Waals surface area contributed by atoms with Crippen LogP contribution in [0.1, 0.15) is 57.1 Å². The second-order valence-electron chi connectivity index (χ2n) is 10.6. The van der Waals surface area contributed by atoms with Crippen LogP contribution in [0, 0.1) is 17.6 Å². The molecule has 0 unspecified atom stereocenters. The van der Waals surface area contributed by atoms with Gasteiger partial charge >= 0.3 is 5.97 Å². The molecule has 3 aromatic carbocycles. The van der Waals surface area contributed by atoms with Crippen LogP contribution in [-0.2, 0) is 14.9 Å². The van der Waals surface area contributed by atoms with Gasteiger partial charge in [-0.1, -0.05) is 68.4 Å². The Kier molecular flexibility index (Phi) is 7.12. The van der Waals surface area contributed by atoms with Crippen molar-refractivity contribution in [1.82, 2.24) is 10.1 Å². The van der Waals surface area contributed by atoms with E-state index in [0.29, 0.717) is 11.7 Å². The Labute approximate surface area is 225 Å².